The Morgan fingerprint density at radius 2 is 0.806 bits per heavy atom. The standard InChI is InChI=1S/C36H24/c1-3-11-25(12-4-1)27-19-20-29-24-30(22-21-28(29)23-27)36-33-17-9-7-15-31(33)35(26-13-5-2-6-14-26)32-16-8-10-18-34(32)36/h1-24H/i7D,10D. The molecule has 0 aliphatic rings. The zero-order valence-corrected chi connectivity index (χ0v) is 19.7. The Hall–Kier alpha value is -4.68. The van der Waals surface area contributed by atoms with Crippen molar-refractivity contribution in [3.8, 4) is 33.4 Å². The number of fused-ring (bicyclic) bond motifs is 3. The highest BCUT2D eigenvalue weighted by atomic mass is 14.2. The first-order valence-corrected chi connectivity index (χ1v) is 12.3. The highest BCUT2D eigenvalue weighted by Crippen LogP contribution is 2.44. The van der Waals surface area contributed by atoms with E-state index in [4.69, 9.17) is 2.74 Å². The summed E-state index contributed by atoms with van der Waals surface area (Å²) in [5, 5.41) is 6.68. The van der Waals surface area contributed by atoms with Crippen molar-refractivity contribution in [3.63, 3.8) is 0 Å². The van der Waals surface area contributed by atoms with Gasteiger partial charge in [0.25, 0.3) is 0 Å². The average molecular weight is 459 g/mol. The van der Waals surface area contributed by atoms with Crippen molar-refractivity contribution in [2.24, 2.45) is 0 Å². The van der Waals surface area contributed by atoms with Gasteiger partial charge in [0.05, 0.1) is 2.74 Å². The van der Waals surface area contributed by atoms with Gasteiger partial charge in [-0.05, 0) is 77.8 Å². The van der Waals surface area contributed by atoms with Gasteiger partial charge >= 0.3 is 0 Å². The van der Waals surface area contributed by atoms with Crippen LogP contribution in [0.5, 0.6) is 0 Å². The van der Waals surface area contributed by atoms with Crippen LogP contribution in [0, 0.1) is 0 Å². The molecule has 7 rings (SSSR count). The minimum Gasteiger partial charge on any atom is -0.0622 e. The fourth-order valence-electron chi connectivity index (χ4n) is 5.44. The molecule has 0 aliphatic heterocycles. The third-order valence-electron chi connectivity index (χ3n) is 7.10. The predicted molar refractivity (Wildman–Crippen MR) is 155 cm³/mol. The third-order valence-corrected chi connectivity index (χ3v) is 7.10. The van der Waals surface area contributed by atoms with Gasteiger partial charge in [0, 0.05) is 0 Å². The maximum atomic E-state index is 8.46. The summed E-state index contributed by atoms with van der Waals surface area (Å²) in [6, 6.07) is 46.9. The summed E-state index contributed by atoms with van der Waals surface area (Å²) in [5.41, 5.74) is 6.86. The van der Waals surface area contributed by atoms with E-state index in [9.17, 15) is 0 Å². The average Bonchev–Trinajstić information content (AvgIpc) is 2.96. The Kier molecular flexibility index (Phi) is 4.41. The van der Waals surface area contributed by atoms with Crippen LogP contribution in [0.3, 0.4) is 0 Å². The summed E-state index contributed by atoms with van der Waals surface area (Å²) in [6.45, 7) is 0. The summed E-state index contributed by atoms with van der Waals surface area (Å²) < 4.78 is 16.9. The van der Waals surface area contributed by atoms with Crippen LogP contribution in [0.4, 0.5) is 0 Å². The molecule has 0 saturated heterocycles. The monoisotopic (exact) mass is 458 g/mol. The van der Waals surface area contributed by atoms with Gasteiger partial charge in [-0.1, -0.05) is 133 Å². The normalized spacial score (nSPS) is 12.1. The molecule has 0 spiro atoms. The quantitative estimate of drug-likeness (QED) is 0.231. The van der Waals surface area contributed by atoms with Crippen molar-refractivity contribution < 1.29 is 2.74 Å². The topological polar surface area (TPSA) is 0 Å². The molecule has 0 heteroatoms. The fraction of sp³-hybridized carbons (Fsp3) is 0. The minimum atomic E-state index is 0.488. The van der Waals surface area contributed by atoms with Crippen LogP contribution in [0.25, 0.3) is 65.7 Å². The Morgan fingerprint density at radius 3 is 1.42 bits per heavy atom. The first-order chi connectivity index (χ1) is 18.7. The van der Waals surface area contributed by atoms with Gasteiger partial charge in [0.15, 0.2) is 0 Å². The third kappa shape index (κ3) is 3.39. The molecule has 0 saturated carbocycles. The summed E-state index contributed by atoms with van der Waals surface area (Å²) in [5.74, 6) is 0. The molecule has 7 aromatic carbocycles. The van der Waals surface area contributed by atoms with Crippen molar-refractivity contribution >= 4 is 32.3 Å². The largest absolute Gasteiger partial charge is 0.0623 e. The molecular weight excluding hydrogens is 432 g/mol. The van der Waals surface area contributed by atoms with E-state index in [2.05, 4.69) is 97.1 Å². The summed E-state index contributed by atoms with van der Waals surface area (Å²) in [7, 11) is 0. The van der Waals surface area contributed by atoms with E-state index < -0.39 is 0 Å². The van der Waals surface area contributed by atoms with Gasteiger partial charge in [0.2, 0.25) is 0 Å². The second-order valence-electron chi connectivity index (χ2n) is 9.20. The van der Waals surface area contributed by atoms with E-state index in [0.717, 1.165) is 43.8 Å². The maximum absolute atomic E-state index is 8.46. The summed E-state index contributed by atoms with van der Waals surface area (Å²) >= 11 is 0. The number of hydrogen-bond acceptors (Lipinski definition) is 0. The molecule has 0 bridgehead atoms. The van der Waals surface area contributed by atoms with Crippen molar-refractivity contribution in [1.29, 1.82) is 0 Å². The molecule has 0 atom stereocenters. The van der Waals surface area contributed by atoms with Crippen LogP contribution in [-0.2, 0) is 0 Å². The zero-order valence-electron chi connectivity index (χ0n) is 21.7. The van der Waals surface area contributed by atoms with Crippen molar-refractivity contribution in [3.05, 3.63) is 146 Å². The van der Waals surface area contributed by atoms with Crippen LogP contribution in [0.2, 0.25) is 0 Å². The molecule has 0 nitrogen and oxygen atoms in total. The number of hydrogen-bond donors (Lipinski definition) is 0. The van der Waals surface area contributed by atoms with Crippen LogP contribution in [-0.4, -0.2) is 0 Å². The SMILES string of the molecule is [2H]c1ccc2c(-c3ccc4cc(-c5ccccc5)ccc4c3)c3cc([2H])ccc3c(-c3ccccc3)c2c1. The van der Waals surface area contributed by atoms with Crippen molar-refractivity contribution in [2.75, 3.05) is 0 Å². The molecule has 168 valence electrons. The smallest absolute Gasteiger partial charge is 0.0622 e. The van der Waals surface area contributed by atoms with Gasteiger partial charge in [-0.2, -0.15) is 0 Å². The molecule has 0 unspecified atom stereocenters. The lowest BCUT2D eigenvalue weighted by molar-refractivity contribution is 1.64. The Morgan fingerprint density at radius 1 is 0.333 bits per heavy atom. The lowest BCUT2D eigenvalue weighted by atomic mass is 9.85. The summed E-state index contributed by atoms with van der Waals surface area (Å²) in [4.78, 5) is 0. The highest BCUT2D eigenvalue weighted by Gasteiger charge is 2.16. The van der Waals surface area contributed by atoms with E-state index >= 15 is 0 Å². The van der Waals surface area contributed by atoms with Gasteiger partial charge in [-0.15, -0.1) is 0 Å². The molecule has 0 aliphatic carbocycles. The lowest BCUT2D eigenvalue weighted by Crippen LogP contribution is -1.90. The minimum absolute atomic E-state index is 0.488. The Bertz CT molecular complexity index is 1970. The first kappa shape index (κ1) is 18.6. The van der Waals surface area contributed by atoms with Crippen molar-refractivity contribution in [2.45, 2.75) is 0 Å². The number of benzene rings is 7. The molecule has 36 heavy (non-hydrogen) atoms. The molecule has 0 fully saturated rings. The fourth-order valence-corrected chi connectivity index (χ4v) is 5.44. The van der Waals surface area contributed by atoms with E-state index in [0.29, 0.717) is 12.1 Å². The Balaban J connectivity index is 1.52. The molecular formula is C36H24. The molecule has 7 aromatic rings. The van der Waals surface area contributed by atoms with Gasteiger partial charge in [-0.3, -0.25) is 0 Å². The van der Waals surface area contributed by atoms with Crippen LogP contribution in [0.15, 0.2) is 146 Å². The van der Waals surface area contributed by atoms with Crippen molar-refractivity contribution in [1.82, 2.24) is 0 Å². The Labute approximate surface area is 213 Å². The van der Waals surface area contributed by atoms with Crippen LogP contribution in [0.1, 0.15) is 2.74 Å². The zero-order chi connectivity index (χ0) is 25.6. The first-order valence-electron chi connectivity index (χ1n) is 13.3. The van der Waals surface area contributed by atoms with E-state index in [1.165, 1.54) is 21.9 Å². The van der Waals surface area contributed by atoms with E-state index in [1.54, 1.807) is 0 Å². The van der Waals surface area contributed by atoms with Gasteiger partial charge < -0.3 is 0 Å². The summed E-state index contributed by atoms with van der Waals surface area (Å²) in [6.07, 6.45) is 0. The van der Waals surface area contributed by atoms with Gasteiger partial charge in [0.1, 0.15) is 0 Å². The molecule has 0 heterocycles. The molecule has 0 aromatic heterocycles. The predicted octanol–water partition coefficient (Wildman–Crippen LogP) is 10.1. The highest BCUT2D eigenvalue weighted by molar-refractivity contribution is 6.21. The maximum Gasteiger partial charge on any atom is 0.0623 e. The van der Waals surface area contributed by atoms with E-state index in [-0.39, 0.29) is 0 Å². The van der Waals surface area contributed by atoms with Gasteiger partial charge in [-0.25, -0.2) is 0 Å². The molecule has 0 radical (unpaired) electrons. The second kappa shape index (κ2) is 8.52. The van der Waals surface area contributed by atoms with E-state index in [1.807, 2.05) is 36.4 Å². The molecule has 0 amide bonds. The number of rotatable bonds is 3. The second-order valence-corrected chi connectivity index (χ2v) is 9.20. The molecule has 0 N–H and O–H groups in total. The van der Waals surface area contributed by atoms with Crippen LogP contribution >= 0.6 is 0 Å². The lowest BCUT2D eigenvalue weighted by Gasteiger charge is -2.18. The van der Waals surface area contributed by atoms with Crippen LogP contribution < -0.4 is 0 Å².